The summed E-state index contributed by atoms with van der Waals surface area (Å²) in [4.78, 5) is 18.7. The van der Waals surface area contributed by atoms with Crippen LogP contribution in [0.4, 0.5) is 0 Å². The second kappa shape index (κ2) is 8.73. The van der Waals surface area contributed by atoms with Gasteiger partial charge in [0.2, 0.25) is 0 Å². The number of piperidine rings is 1. The molecular formula is C23H29BrN2O4. The minimum atomic E-state index is -0.335. The van der Waals surface area contributed by atoms with Crippen LogP contribution in [0.5, 0.6) is 5.75 Å². The summed E-state index contributed by atoms with van der Waals surface area (Å²) in [5.74, 6) is 0.954. The molecule has 2 N–H and O–H groups in total. The fourth-order valence-corrected chi connectivity index (χ4v) is 5.81. The number of benzene rings is 1. The van der Waals surface area contributed by atoms with Crippen LogP contribution in [-0.4, -0.2) is 54.9 Å². The maximum absolute atomic E-state index is 12.5. The van der Waals surface area contributed by atoms with Crippen molar-refractivity contribution in [3.63, 3.8) is 0 Å². The van der Waals surface area contributed by atoms with E-state index < -0.39 is 0 Å². The van der Waals surface area contributed by atoms with Crippen molar-refractivity contribution in [2.24, 2.45) is 11.8 Å². The van der Waals surface area contributed by atoms with Crippen LogP contribution in [0.1, 0.15) is 37.1 Å². The van der Waals surface area contributed by atoms with Gasteiger partial charge in [-0.3, -0.25) is 4.90 Å². The van der Waals surface area contributed by atoms with Gasteiger partial charge in [0.05, 0.1) is 32.4 Å². The Kier molecular flexibility index (Phi) is 6.23. The lowest BCUT2D eigenvalue weighted by Gasteiger charge is -2.46. The Labute approximate surface area is 185 Å². The highest BCUT2D eigenvalue weighted by atomic mass is 79.9. The highest BCUT2D eigenvalue weighted by Crippen LogP contribution is 2.47. The van der Waals surface area contributed by atoms with Crippen LogP contribution in [0, 0.1) is 11.8 Å². The normalized spacial score (nSPS) is 24.4. The summed E-state index contributed by atoms with van der Waals surface area (Å²) in [6.45, 7) is 3.93. The molecule has 6 nitrogen and oxygen atoms in total. The van der Waals surface area contributed by atoms with E-state index in [0.717, 1.165) is 53.5 Å². The predicted molar refractivity (Wildman–Crippen MR) is 120 cm³/mol. The molecule has 7 heteroatoms. The maximum atomic E-state index is 12.5. The Balaban J connectivity index is 1.79. The second-order valence-electron chi connectivity index (χ2n) is 8.12. The van der Waals surface area contributed by atoms with Crippen LogP contribution >= 0.6 is 15.9 Å². The summed E-state index contributed by atoms with van der Waals surface area (Å²) in [5.41, 5.74) is 4.20. The predicted octanol–water partition coefficient (Wildman–Crippen LogP) is 3.98. The molecule has 2 aliphatic rings. The van der Waals surface area contributed by atoms with E-state index in [1.54, 1.807) is 13.2 Å². The van der Waals surface area contributed by atoms with Crippen molar-refractivity contribution >= 4 is 32.8 Å². The van der Waals surface area contributed by atoms with Crippen molar-refractivity contribution in [3.8, 4) is 5.75 Å². The SMILES string of the molecule is CC[C@@H]1CN2CCc3c([nH]c4c(Br)ccc(OC)c34)[C@@H]2C[C@@H]1/C(=C\CO)C(=O)OC. The van der Waals surface area contributed by atoms with E-state index >= 15 is 0 Å². The van der Waals surface area contributed by atoms with Gasteiger partial charge in [-0.1, -0.05) is 13.3 Å². The van der Waals surface area contributed by atoms with Crippen molar-refractivity contribution in [1.82, 2.24) is 9.88 Å². The number of nitrogens with one attached hydrogen (secondary N) is 1. The summed E-state index contributed by atoms with van der Waals surface area (Å²) in [6, 6.07) is 4.21. The Hall–Kier alpha value is -1.83. The lowest BCUT2D eigenvalue weighted by molar-refractivity contribution is -0.137. The first kappa shape index (κ1) is 21.4. The Morgan fingerprint density at radius 3 is 2.87 bits per heavy atom. The van der Waals surface area contributed by atoms with Crippen molar-refractivity contribution < 1.29 is 19.4 Å². The molecule has 2 aliphatic heterocycles. The minimum absolute atomic E-state index is 0.0542. The molecule has 2 aromatic rings. The summed E-state index contributed by atoms with van der Waals surface area (Å²) >= 11 is 3.68. The molecule has 0 radical (unpaired) electrons. The van der Waals surface area contributed by atoms with Gasteiger partial charge in [-0.2, -0.15) is 0 Å². The smallest absolute Gasteiger partial charge is 0.333 e. The van der Waals surface area contributed by atoms with E-state index in [-0.39, 0.29) is 24.5 Å². The summed E-state index contributed by atoms with van der Waals surface area (Å²) in [5, 5.41) is 10.7. The first-order chi connectivity index (χ1) is 14.5. The lowest BCUT2D eigenvalue weighted by Crippen LogP contribution is -2.47. The molecule has 1 saturated heterocycles. The standard InChI is InChI=1S/C23H29BrN2O4/c1-4-13-12-26-9-7-15-20-19(29-2)6-5-17(24)22(20)25-21(15)18(26)11-16(13)14(8-10-27)23(28)30-3/h5-6,8,13,16,18,25,27H,4,7,9-12H2,1-3H3/b14-8+/t13-,16+,18+/m1/s1. The number of carbonyl (C=O) groups excluding carboxylic acids is 1. The van der Waals surface area contributed by atoms with Gasteiger partial charge in [0.25, 0.3) is 0 Å². The van der Waals surface area contributed by atoms with Gasteiger partial charge < -0.3 is 19.6 Å². The zero-order valence-electron chi connectivity index (χ0n) is 17.7. The van der Waals surface area contributed by atoms with E-state index in [0.29, 0.717) is 11.5 Å². The number of aliphatic hydroxyl groups is 1. The van der Waals surface area contributed by atoms with Crippen molar-refractivity contribution in [1.29, 1.82) is 0 Å². The largest absolute Gasteiger partial charge is 0.496 e. The van der Waals surface area contributed by atoms with Crippen LogP contribution < -0.4 is 4.74 Å². The quantitative estimate of drug-likeness (QED) is 0.504. The van der Waals surface area contributed by atoms with Crippen molar-refractivity contribution in [2.45, 2.75) is 32.2 Å². The van der Waals surface area contributed by atoms with E-state index in [2.05, 4.69) is 32.7 Å². The summed E-state index contributed by atoms with van der Waals surface area (Å²) in [6.07, 6.45) is 4.39. The molecule has 0 aliphatic carbocycles. The highest BCUT2D eigenvalue weighted by molar-refractivity contribution is 9.10. The molecule has 3 atom stereocenters. The number of aliphatic hydroxyl groups excluding tert-OH is 1. The van der Waals surface area contributed by atoms with E-state index in [9.17, 15) is 9.90 Å². The highest BCUT2D eigenvalue weighted by Gasteiger charge is 2.42. The average Bonchev–Trinajstić information content (AvgIpc) is 3.17. The molecule has 3 heterocycles. The van der Waals surface area contributed by atoms with Gasteiger partial charge >= 0.3 is 5.97 Å². The van der Waals surface area contributed by atoms with Crippen LogP contribution in [0.2, 0.25) is 0 Å². The number of hydrogen-bond acceptors (Lipinski definition) is 5. The number of aromatic nitrogens is 1. The molecule has 0 amide bonds. The molecular weight excluding hydrogens is 448 g/mol. The monoisotopic (exact) mass is 476 g/mol. The third-order valence-corrected chi connectivity index (χ3v) is 7.48. The Bertz CT molecular complexity index is 983. The maximum Gasteiger partial charge on any atom is 0.333 e. The topological polar surface area (TPSA) is 74.8 Å². The number of aromatic amines is 1. The Morgan fingerprint density at radius 2 is 2.20 bits per heavy atom. The third-order valence-electron chi connectivity index (χ3n) is 6.82. The van der Waals surface area contributed by atoms with Crippen LogP contribution in [0.25, 0.3) is 10.9 Å². The van der Waals surface area contributed by atoms with Gasteiger partial charge in [0, 0.05) is 34.2 Å². The van der Waals surface area contributed by atoms with Crippen LogP contribution in [0.15, 0.2) is 28.3 Å². The fraction of sp³-hybridized carbons (Fsp3) is 0.522. The van der Waals surface area contributed by atoms with Gasteiger partial charge in [-0.25, -0.2) is 4.79 Å². The first-order valence-electron chi connectivity index (χ1n) is 10.5. The number of esters is 1. The zero-order valence-corrected chi connectivity index (χ0v) is 19.3. The van der Waals surface area contributed by atoms with E-state index in [4.69, 9.17) is 9.47 Å². The van der Waals surface area contributed by atoms with Gasteiger partial charge in [0.15, 0.2) is 0 Å². The molecule has 1 aromatic carbocycles. The Morgan fingerprint density at radius 1 is 1.40 bits per heavy atom. The average molecular weight is 477 g/mol. The molecule has 0 spiro atoms. The van der Waals surface area contributed by atoms with Crippen LogP contribution in [0.3, 0.4) is 0 Å². The first-order valence-corrected chi connectivity index (χ1v) is 11.3. The number of carbonyl (C=O) groups is 1. The number of ether oxygens (including phenoxy) is 2. The number of halogens is 1. The van der Waals surface area contributed by atoms with Crippen LogP contribution in [-0.2, 0) is 16.0 Å². The fourth-order valence-electron chi connectivity index (χ4n) is 5.38. The molecule has 0 unspecified atom stereocenters. The van der Waals surface area contributed by atoms with E-state index in [1.165, 1.54) is 18.4 Å². The van der Waals surface area contributed by atoms with Crippen molar-refractivity contribution in [2.75, 3.05) is 33.9 Å². The zero-order chi connectivity index (χ0) is 21.4. The molecule has 0 saturated carbocycles. The summed E-state index contributed by atoms with van der Waals surface area (Å²) in [7, 11) is 3.12. The molecule has 4 rings (SSSR count). The molecule has 0 bridgehead atoms. The number of hydrogen-bond donors (Lipinski definition) is 2. The molecule has 1 aromatic heterocycles. The number of fused-ring (bicyclic) bond motifs is 5. The lowest BCUT2D eigenvalue weighted by atomic mass is 9.73. The van der Waals surface area contributed by atoms with Gasteiger partial charge in [-0.05, 0) is 64.4 Å². The second-order valence-corrected chi connectivity index (χ2v) is 8.98. The molecule has 162 valence electrons. The molecule has 1 fully saturated rings. The van der Waals surface area contributed by atoms with Gasteiger partial charge in [0.1, 0.15) is 5.75 Å². The van der Waals surface area contributed by atoms with Gasteiger partial charge in [-0.15, -0.1) is 0 Å². The minimum Gasteiger partial charge on any atom is -0.496 e. The number of nitrogens with zero attached hydrogens (tertiary/aromatic N) is 1. The third kappa shape index (κ3) is 3.47. The summed E-state index contributed by atoms with van der Waals surface area (Å²) < 4.78 is 11.7. The van der Waals surface area contributed by atoms with E-state index in [1.807, 2.05) is 12.1 Å². The number of methoxy groups -OCH3 is 2. The molecule has 30 heavy (non-hydrogen) atoms. The van der Waals surface area contributed by atoms with Crippen molar-refractivity contribution in [3.05, 3.63) is 39.5 Å². The number of H-pyrrole nitrogens is 1. The number of rotatable bonds is 5.